The summed E-state index contributed by atoms with van der Waals surface area (Å²) in [6, 6.07) is 0. The molecule has 0 radical (unpaired) electrons. The van der Waals surface area contributed by atoms with Crippen molar-refractivity contribution in [2.24, 2.45) is 5.92 Å². The largest absolute Gasteiger partial charge is 0.464 e. The molecule has 1 aliphatic rings. The predicted molar refractivity (Wildman–Crippen MR) is 65.3 cm³/mol. The van der Waals surface area contributed by atoms with Crippen molar-refractivity contribution in [3.63, 3.8) is 0 Å². The van der Waals surface area contributed by atoms with Gasteiger partial charge in [0.25, 0.3) is 0 Å². The van der Waals surface area contributed by atoms with Gasteiger partial charge in [0, 0.05) is 12.8 Å². The molecule has 0 bridgehead atoms. The van der Waals surface area contributed by atoms with Crippen LogP contribution in [-0.4, -0.2) is 24.0 Å². The number of hydrogen-bond acceptors (Lipinski definition) is 3. The van der Waals surface area contributed by atoms with Gasteiger partial charge in [-0.2, -0.15) is 0 Å². The van der Waals surface area contributed by atoms with Crippen molar-refractivity contribution >= 4 is 11.9 Å². The Bertz CT molecular complexity index is 325. The number of carbonyl (C=O) groups excluding carboxylic acids is 2. The average molecular weight is 239 g/mol. The number of carbonyl (C=O) groups is 2. The molecule has 0 aromatic rings. The highest BCUT2D eigenvalue weighted by Gasteiger charge is 2.42. The van der Waals surface area contributed by atoms with Crippen molar-refractivity contribution in [2.75, 3.05) is 6.61 Å². The number of rotatable bonds is 4. The van der Waals surface area contributed by atoms with Gasteiger partial charge in [0.15, 0.2) is 0 Å². The Balaban J connectivity index is 2.91. The van der Waals surface area contributed by atoms with Crippen LogP contribution in [0.1, 0.15) is 40.0 Å². The Labute approximate surface area is 102 Å². The van der Waals surface area contributed by atoms with Crippen LogP contribution in [0.3, 0.4) is 0 Å². The first-order chi connectivity index (χ1) is 8.00. The molecule has 1 N–H and O–H groups in total. The van der Waals surface area contributed by atoms with Gasteiger partial charge in [-0.3, -0.25) is 4.79 Å². The van der Waals surface area contributed by atoms with Crippen LogP contribution >= 0.6 is 0 Å². The Hall–Kier alpha value is -1.32. The first-order valence-electron chi connectivity index (χ1n) is 6.13. The van der Waals surface area contributed by atoms with Crippen LogP contribution in [0.2, 0.25) is 0 Å². The van der Waals surface area contributed by atoms with Crippen LogP contribution in [0.5, 0.6) is 0 Å². The SMILES string of the molecule is CCOC(=O)C(C)(NC(C)=O)C1C=CCCC1. The van der Waals surface area contributed by atoms with E-state index in [1.165, 1.54) is 6.92 Å². The molecule has 1 amide bonds. The van der Waals surface area contributed by atoms with Gasteiger partial charge >= 0.3 is 5.97 Å². The first kappa shape index (κ1) is 13.7. The summed E-state index contributed by atoms with van der Waals surface area (Å²) >= 11 is 0. The van der Waals surface area contributed by atoms with Gasteiger partial charge < -0.3 is 10.1 Å². The van der Waals surface area contributed by atoms with E-state index < -0.39 is 5.54 Å². The zero-order valence-electron chi connectivity index (χ0n) is 10.8. The second kappa shape index (κ2) is 5.84. The highest BCUT2D eigenvalue weighted by Crippen LogP contribution is 2.29. The molecule has 17 heavy (non-hydrogen) atoms. The summed E-state index contributed by atoms with van der Waals surface area (Å²) in [7, 11) is 0. The molecule has 0 aromatic heterocycles. The molecular weight excluding hydrogens is 218 g/mol. The van der Waals surface area contributed by atoms with E-state index in [9.17, 15) is 9.59 Å². The maximum Gasteiger partial charge on any atom is 0.332 e. The third-order valence-corrected chi connectivity index (χ3v) is 3.13. The zero-order valence-corrected chi connectivity index (χ0v) is 10.8. The molecule has 0 fully saturated rings. The summed E-state index contributed by atoms with van der Waals surface area (Å²) < 4.78 is 5.07. The van der Waals surface area contributed by atoms with E-state index in [-0.39, 0.29) is 17.8 Å². The lowest BCUT2D eigenvalue weighted by molar-refractivity contribution is -0.154. The molecule has 1 aliphatic carbocycles. The average Bonchev–Trinajstić information content (AvgIpc) is 2.29. The normalized spacial score (nSPS) is 22.6. The summed E-state index contributed by atoms with van der Waals surface area (Å²) in [5, 5.41) is 2.75. The minimum Gasteiger partial charge on any atom is -0.464 e. The number of esters is 1. The van der Waals surface area contributed by atoms with Crippen molar-refractivity contribution in [2.45, 2.75) is 45.6 Å². The van der Waals surface area contributed by atoms with Gasteiger partial charge in [0.05, 0.1) is 6.61 Å². The number of allylic oxidation sites excluding steroid dienone is 1. The van der Waals surface area contributed by atoms with Crippen LogP contribution in [0, 0.1) is 5.92 Å². The smallest absolute Gasteiger partial charge is 0.332 e. The molecule has 0 heterocycles. The van der Waals surface area contributed by atoms with Crippen molar-refractivity contribution in [3.05, 3.63) is 12.2 Å². The lowest BCUT2D eigenvalue weighted by atomic mass is 9.79. The van der Waals surface area contributed by atoms with Gasteiger partial charge in [-0.05, 0) is 33.1 Å². The van der Waals surface area contributed by atoms with Gasteiger partial charge in [0.2, 0.25) is 5.91 Å². The summed E-state index contributed by atoms with van der Waals surface area (Å²) in [5.41, 5.74) is -0.946. The number of nitrogens with one attached hydrogen (secondary N) is 1. The number of ether oxygens (including phenoxy) is 1. The third kappa shape index (κ3) is 3.32. The predicted octanol–water partition coefficient (Wildman–Crippen LogP) is 1.80. The number of amides is 1. The van der Waals surface area contributed by atoms with E-state index in [0.717, 1.165) is 19.3 Å². The summed E-state index contributed by atoms with van der Waals surface area (Å²) in [6.07, 6.45) is 7.04. The van der Waals surface area contributed by atoms with Crippen LogP contribution in [0.4, 0.5) is 0 Å². The molecule has 0 spiro atoms. The van der Waals surface area contributed by atoms with Crippen LogP contribution < -0.4 is 5.32 Å². The van der Waals surface area contributed by atoms with Crippen molar-refractivity contribution in [3.8, 4) is 0 Å². The molecule has 4 heteroatoms. The Morgan fingerprint density at radius 2 is 2.24 bits per heavy atom. The highest BCUT2D eigenvalue weighted by molar-refractivity contribution is 5.87. The molecule has 0 aromatic carbocycles. The Kier molecular flexibility index (Phi) is 4.73. The lowest BCUT2D eigenvalue weighted by Gasteiger charge is -2.35. The van der Waals surface area contributed by atoms with Gasteiger partial charge in [-0.1, -0.05) is 12.2 Å². The standard InChI is InChI=1S/C13H21NO3/c1-4-17-12(16)13(3,14-10(2)15)11-8-6-5-7-9-11/h6,8,11H,4-5,7,9H2,1-3H3,(H,14,15). The summed E-state index contributed by atoms with van der Waals surface area (Å²) in [4.78, 5) is 23.3. The molecule has 0 saturated heterocycles. The molecule has 96 valence electrons. The molecule has 0 aliphatic heterocycles. The fourth-order valence-electron chi connectivity index (χ4n) is 2.24. The monoisotopic (exact) mass is 239 g/mol. The second-order valence-corrected chi connectivity index (χ2v) is 4.57. The van der Waals surface area contributed by atoms with E-state index in [1.54, 1.807) is 13.8 Å². The maximum atomic E-state index is 12.0. The molecule has 0 saturated carbocycles. The third-order valence-electron chi connectivity index (χ3n) is 3.13. The molecule has 2 unspecified atom stereocenters. The van der Waals surface area contributed by atoms with Gasteiger partial charge in [0.1, 0.15) is 5.54 Å². The molecule has 1 rings (SSSR count). The van der Waals surface area contributed by atoms with E-state index in [4.69, 9.17) is 4.74 Å². The minimum absolute atomic E-state index is 0.0131. The number of hydrogen-bond donors (Lipinski definition) is 1. The van der Waals surface area contributed by atoms with E-state index >= 15 is 0 Å². The van der Waals surface area contributed by atoms with E-state index in [2.05, 4.69) is 11.4 Å². The Morgan fingerprint density at radius 1 is 1.53 bits per heavy atom. The first-order valence-corrected chi connectivity index (χ1v) is 6.13. The molecular formula is C13H21NO3. The zero-order chi connectivity index (χ0) is 12.9. The second-order valence-electron chi connectivity index (χ2n) is 4.57. The summed E-state index contributed by atoms with van der Waals surface area (Å²) in [5.74, 6) is -0.550. The highest BCUT2D eigenvalue weighted by atomic mass is 16.5. The van der Waals surface area contributed by atoms with Crippen molar-refractivity contribution < 1.29 is 14.3 Å². The quantitative estimate of drug-likeness (QED) is 0.601. The fourth-order valence-corrected chi connectivity index (χ4v) is 2.24. The van der Waals surface area contributed by atoms with E-state index in [0.29, 0.717) is 6.61 Å². The minimum atomic E-state index is -0.946. The maximum absolute atomic E-state index is 12.0. The lowest BCUT2D eigenvalue weighted by Crippen LogP contribution is -2.57. The fraction of sp³-hybridized carbons (Fsp3) is 0.692. The van der Waals surface area contributed by atoms with Crippen molar-refractivity contribution in [1.29, 1.82) is 0 Å². The Morgan fingerprint density at radius 3 is 2.71 bits per heavy atom. The van der Waals surface area contributed by atoms with Gasteiger partial charge in [-0.15, -0.1) is 0 Å². The van der Waals surface area contributed by atoms with Crippen LogP contribution in [-0.2, 0) is 14.3 Å². The van der Waals surface area contributed by atoms with E-state index in [1.807, 2.05) is 6.08 Å². The molecule has 2 atom stereocenters. The van der Waals surface area contributed by atoms with Crippen molar-refractivity contribution in [1.82, 2.24) is 5.32 Å². The molecule has 4 nitrogen and oxygen atoms in total. The van der Waals surface area contributed by atoms with Crippen LogP contribution in [0.15, 0.2) is 12.2 Å². The summed E-state index contributed by atoms with van der Waals surface area (Å²) in [6.45, 7) is 5.25. The van der Waals surface area contributed by atoms with Crippen LogP contribution in [0.25, 0.3) is 0 Å². The van der Waals surface area contributed by atoms with Gasteiger partial charge in [-0.25, -0.2) is 4.79 Å². The topological polar surface area (TPSA) is 55.4 Å².